The highest BCUT2D eigenvalue weighted by molar-refractivity contribution is 6.34. The maximum absolute atomic E-state index is 14.2. The Labute approximate surface area is 215 Å². The molecule has 190 valence electrons. The van der Waals surface area contributed by atoms with Gasteiger partial charge in [0, 0.05) is 23.1 Å². The fourth-order valence-electron chi connectivity index (χ4n) is 6.12. The fourth-order valence-corrected chi connectivity index (χ4v) is 6.12. The fraction of sp³-hybridized carbons (Fsp3) is 0.250. The summed E-state index contributed by atoms with van der Waals surface area (Å²) in [5, 5.41) is 1.12. The minimum absolute atomic E-state index is 0.0304. The van der Waals surface area contributed by atoms with Crippen LogP contribution in [0.4, 0.5) is 5.69 Å². The number of anilines is 1. The Balaban J connectivity index is 1.25. The van der Waals surface area contributed by atoms with Gasteiger partial charge in [-0.15, -0.1) is 0 Å². The zero-order valence-corrected chi connectivity index (χ0v) is 19.7. The van der Waals surface area contributed by atoms with Gasteiger partial charge in [0.2, 0.25) is 30.8 Å². The number of amides is 1. The van der Waals surface area contributed by atoms with Gasteiger partial charge in [0.05, 0.1) is 24.3 Å². The highest BCUT2D eigenvalue weighted by Crippen LogP contribution is 2.56. The smallest absolute Gasteiger partial charge is 0.258 e. The molecule has 0 radical (unpaired) electrons. The van der Waals surface area contributed by atoms with Gasteiger partial charge in [-0.2, -0.15) is 5.06 Å². The molecule has 4 aliphatic heterocycles. The predicted molar refractivity (Wildman–Crippen MR) is 127 cm³/mol. The Hall–Kier alpha value is -4.41. The lowest BCUT2D eigenvalue weighted by molar-refractivity contribution is -0.140. The number of benzene rings is 3. The lowest BCUT2D eigenvalue weighted by Gasteiger charge is -2.37. The van der Waals surface area contributed by atoms with Gasteiger partial charge in [-0.3, -0.25) is 19.2 Å². The highest BCUT2D eigenvalue weighted by atomic mass is 16.7. The Morgan fingerprint density at radius 3 is 2.08 bits per heavy atom. The van der Waals surface area contributed by atoms with E-state index in [2.05, 4.69) is 0 Å². The second-order valence-electron chi connectivity index (χ2n) is 9.70. The topological polar surface area (TPSA) is 110 Å². The number of carbonyl (C=O) groups excluding carboxylic acids is 3. The van der Waals surface area contributed by atoms with E-state index in [1.807, 2.05) is 0 Å². The molecular weight excluding hydrogens is 494 g/mol. The summed E-state index contributed by atoms with van der Waals surface area (Å²) >= 11 is 0. The predicted octanol–water partition coefficient (Wildman–Crippen LogP) is 3.24. The second-order valence-corrected chi connectivity index (χ2v) is 9.70. The quantitative estimate of drug-likeness (QED) is 0.477. The number of carbonyl (C=O) groups is 3. The van der Waals surface area contributed by atoms with Crippen LogP contribution in [0.25, 0.3) is 0 Å². The second kappa shape index (κ2) is 7.56. The summed E-state index contributed by atoms with van der Waals surface area (Å²) in [6, 6.07) is 16.8. The molecule has 10 heteroatoms. The van der Waals surface area contributed by atoms with Gasteiger partial charge in [0.25, 0.3) is 5.91 Å². The zero-order valence-electron chi connectivity index (χ0n) is 19.7. The molecule has 3 aromatic carbocycles. The lowest BCUT2D eigenvalue weighted by atomic mass is 9.74. The van der Waals surface area contributed by atoms with E-state index in [1.165, 1.54) is 0 Å². The number of rotatable bonds is 2. The van der Waals surface area contributed by atoms with Gasteiger partial charge in [0.15, 0.2) is 23.0 Å². The number of fused-ring (bicyclic) bond motifs is 5. The number of hydrogen-bond acceptors (Lipinski definition) is 9. The minimum Gasteiger partial charge on any atom is -0.454 e. The summed E-state index contributed by atoms with van der Waals surface area (Å²) in [4.78, 5) is 48.1. The number of nitrogens with zero attached hydrogens (tertiary/aromatic N) is 1. The van der Waals surface area contributed by atoms with Crippen LogP contribution in [-0.4, -0.2) is 43.3 Å². The van der Waals surface area contributed by atoms with Crippen molar-refractivity contribution in [1.82, 2.24) is 0 Å². The highest BCUT2D eigenvalue weighted by Gasteiger charge is 2.71. The van der Waals surface area contributed by atoms with Crippen molar-refractivity contribution in [2.24, 2.45) is 11.8 Å². The van der Waals surface area contributed by atoms with E-state index in [1.54, 1.807) is 60.7 Å². The van der Waals surface area contributed by atoms with Gasteiger partial charge < -0.3 is 23.7 Å². The van der Waals surface area contributed by atoms with Crippen molar-refractivity contribution in [2.75, 3.05) is 25.3 Å². The molecule has 3 unspecified atom stereocenters. The van der Waals surface area contributed by atoms with Gasteiger partial charge >= 0.3 is 0 Å². The molecule has 8 rings (SSSR count). The summed E-state index contributed by atoms with van der Waals surface area (Å²) in [6.45, 7) is 0.203. The maximum Gasteiger partial charge on any atom is 0.258 e. The van der Waals surface area contributed by atoms with Crippen LogP contribution in [0.2, 0.25) is 0 Å². The molecule has 0 aromatic heterocycles. The van der Waals surface area contributed by atoms with Crippen LogP contribution in [0.15, 0.2) is 60.7 Å². The van der Waals surface area contributed by atoms with Crippen LogP contribution in [0.3, 0.4) is 0 Å². The van der Waals surface area contributed by atoms with Crippen molar-refractivity contribution >= 4 is 23.2 Å². The number of ketones is 2. The third-order valence-electron chi connectivity index (χ3n) is 7.84. The minimum atomic E-state index is -2.01. The molecule has 3 atom stereocenters. The average Bonchev–Trinajstić information content (AvgIpc) is 3.72. The lowest BCUT2D eigenvalue weighted by Crippen LogP contribution is -2.57. The molecule has 0 saturated carbocycles. The molecule has 5 aliphatic rings. The van der Waals surface area contributed by atoms with E-state index in [0.717, 1.165) is 5.06 Å². The standard InChI is InChI=1S/C28H19NO9/c30-25-16-3-1-2-4-17(16)26(31)28(25)23-18(24(38-28)14-5-7-19-21(9-14)35-12-33-19)11-37-29(27(23)32)15-6-8-20-22(10-15)36-13-34-20/h1-10,18,23-24H,11-13H2. The molecule has 4 heterocycles. The molecule has 0 bridgehead atoms. The van der Waals surface area contributed by atoms with Crippen molar-refractivity contribution in [1.29, 1.82) is 0 Å². The largest absolute Gasteiger partial charge is 0.454 e. The number of ether oxygens (including phenoxy) is 5. The molecular formula is C28H19NO9. The summed E-state index contributed by atoms with van der Waals surface area (Å²) in [6.07, 6.45) is -0.778. The maximum atomic E-state index is 14.2. The first-order chi connectivity index (χ1) is 18.6. The van der Waals surface area contributed by atoms with E-state index in [4.69, 9.17) is 28.5 Å². The van der Waals surface area contributed by atoms with Crippen molar-refractivity contribution in [3.63, 3.8) is 0 Å². The Bertz CT molecular complexity index is 1530. The van der Waals surface area contributed by atoms with E-state index >= 15 is 0 Å². The molecule has 1 spiro atoms. The summed E-state index contributed by atoms with van der Waals surface area (Å²) < 4.78 is 28.3. The first kappa shape index (κ1) is 21.7. The molecule has 10 nitrogen and oxygen atoms in total. The van der Waals surface area contributed by atoms with Crippen LogP contribution >= 0.6 is 0 Å². The average molecular weight is 513 g/mol. The molecule has 2 fully saturated rings. The van der Waals surface area contributed by atoms with E-state index < -0.39 is 41.0 Å². The van der Waals surface area contributed by atoms with Crippen LogP contribution in [0, 0.1) is 11.8 Å². The van der Waals surface area contributed by atoms with Crippen LogP contribution in [-0.2, 0) is 14.4 Å². The molecule has 3 aromatic rings. The Morgan fingerprint density at radius 1 is 0.737 bits per heavy atom. The first-order valence-electron chi connectivity index (χ1n) is 12.2. The monoisotopic (exact) mass is 513 g/mol. The van der Waals surface area contributed by atoms with Gasteiger partial charge in [-0.25, -0.2) is 0 Å². The number of hydroxylamine groups is 1. The van der Waals surface area contributed by atoms with Gasteiger partial charge in [-0.05, 0) is 29.8 Å². The third kappa shape index (κ3) is 2.70. The van der Waals surface area contributed by atoms with Crippen molar-refractivity contribution in [3.8, 4) is 23.0 Å². The van der Waals surface area contributed by atoms with E-state index in [0.29, 0.717) is 34.2 Å². The molecule has 0 N–H and O–H groups in total. The van der Waals surface area contributed by atoms with Crippen molar-refractivity contribution in [3.05, 3.63) is 77.4 Å². The zero-order chi connectivity index (χ0) is 25.6. The van der Waals surface area contributed by atoms with Gasteiger partial charge in [-0.1, -0.05) is 30.3 Å². The normalized spacial score (nSPS) is 25.7. The van der Waals surface area contributed by atoms with Gasteiger partial charge in [0.1, 0.15) is 0 Å². The van der Waals surface area contributed by atoms with Crippen molar-refractivity contribution < 1.29 is 42.9 Å². The molecule has 2 saturated heterocycles. The summed E-state index contributed by atoms with van der Waals surface area (Å²) in [7, 11) is 0. The van der Waals surface area contributed by atoms with E-state index in [-0.39, 0.29) is 31.3 Å². The third-order valence-corrected chi connectivity index (χ3v) is 7.84. The number of hydrogen-bond donors (Lipinski definition) is 0. The Kier molecular flexibility index (Phi) is 4.31. The molecule has 1 aliphatic carbocycles. The van der Waals surface area contributed by atoms with Crippen LogP contribution in [0.5, 0.6) is 23.0 Å². The SMILES string of the molecule is O=C1C2C(CON1c1ccc3c(c1)OCO3)C(c1ccc3c(c1)OCO3)OC21C(=O)c2ccccc2C1=O. The summed E-state index contributed by atoms with van der Waals surface area (Å²) in [5.74, 6) is -1.18. The molecule has 38 heavy (non-hydrogen) atoms. The first-order valence-corrected chi connectivity index (χ1v) is 12.2. The van der Waals surface area contributed by atoms with Crippen LogP contribution in [0.1, 0.15) is 32.4 Å². The van der Waals surface area contributed by atoms with Crippen molar-refractivity contribution in [2.45, 2.75) is 11.7 Å². The number of Topliss-reactive ketones (excluding diaryl/α,β-unsaturated/α-hetero) is 2. The molecule has 1 amide bonds. The Morgan fingerprint density at radius 2 is 1.37 bits per heavy atom. The van der Waals surface area contributed by atoms with Crippen LogP contribution < -0.4 is 24.0 Å². The summed E-state index contributed by atoms with van der Waals surface area (Å²) in [5.41, 5.74) is -0.460. The van der Waals surface area contributed by atoms with E-state index in [9.17, 15) is 14.4 Å².